The predicted molar refractivity (Wildman–Crippen MR) is 291 cm³/mol. The van der Waals surface area contributed by atoms with Gasteiger partial charge in [-0.3, -0.25) is 0 Å². The SMILES string of the molecule is c1ccc([Si]2c3ccccc3[Si]3(c4ccccc4Oc4ccccc43)c3cc(N(c4ccc(C5(c6ccccc6)c6ccccc6-c6ccccc65)cc4)c4cccc5ccccc45)ccc32)cc1. The summed E-state index contributed by atoms with van der Waals surface area (Å²) in [5, 5.41) is 12.2. The first kappa shape index (κ1) is 39.8. The van der Waals surface area contributed by atoms with Crippen LogP contribution in [0.25, 0.3) is 21.9 Å². The first-order valence-electron chi connectivity index (χ1n) is 23.9. The van der Waals surface area contributed by atoms with E-state index >= 15 is 0 Å². The van der Waals surface area contributed by atoms with Crippen molar-refractivity contribution in [1.82, 2.24) is 0 Å². The van der Waals surface area contributed by atoms with E-state index in [0.29, 0.717) is 0 Å². The second-order valence-electron chi connectivity index (χ2n) is 18.4. The number of ether oxygens (including phenoxy) is 1. The van der Waals surface area contributed by atoms with Crippen LogP contribution in [-0.2, 0) is 5.41 Å². The molecule has 1 radical (unpaired) electrons. The van der Waals surface area contributed by atoms with E-state index < -0.39 is 22.3 Å². The molecule has 0 N–H and O–H groups in total. The molecule has 2 aliphatic heterocycles. The monoisotopic (exact) mass is 910 g/mol. The minimum absolute atomic E-state index is 0.492. The van der Waals surface area contributed by atoms with E-state index in [2.05, 4.69) is 272 Å². The molecule has 69 heavy (non-hydrogen) atoms. The molecule has 3 aliphatic rings. The fraction of sp³-hybridized carbons (Fsp3) is 0.0154. The number of para-hydroxylation sites is 2. The van der Waals surface area contributed by atoms with Gasteiger partial charge in [0.25, 0.3) is 0 Å². The van der Waals surface area contributed by atoms with Crippen molar-refractivity contribution in [2.45, 2.75) is 5.41 Å². The summed E-state index contributed by atoms with van der Waals surface area (Å²) in [6.07, 6.45) is 0. The summed E-state index contributed by atoms with van der Waals surface area (Å²) in [4.78, 5) is 2.52. The standard InChI is InChI=1S/C65H44NOSi2/c1-3-22-46(23-4-1)65(54-29-11-9-27-52(54)53-28-10-12-30-55(53)65)47-38-40-48(41-39-47)66(56-31-19-21-45-20-7-8-26-51(45)56)49-42-43-60-64(44-49)69(61-35-16-13-32-57(61)67-58-33-14-17-36-62(58)69)63-37-18-15-34-59(63)68(60)50-24-5-2-6-25-50/h1-44H. The van der Waals surface area contributed by atoms with Crippen LogP contribution in [0.3, 0.4) is 0 Å². The van der Waals surface area contributed by atoms with Gasteiger partial charge in [0.05, 0.1) is 11.1 Å². The lowest BCUT2D eigenvalue weighted by Crippen LogP contribution is -2.87. The molecule has 4 heteroatoms. The maximum absolute atomic E-state index is 6.88. The Kier molecular flexibility index (Phi) is 9.03. The van der Waals surface area contributed by atoms with Gasteiger partial charge < -0.3 is 9.64 Å². The van der Waals surface area contributed by atoms with Gasteiger partial charge in [0.15, 0.2) is 16.9 Å². The first-order chi connectivity index (χ1) is 34.2. The van der Waals surface area contributed by atoms with E-state index in [-0.39, 0.29) is 0 Å². The molecule has 0 saturated carbocycles. The van der Waals surface area contributed by atoms with Gasteiger partial charge in [-0.15, -0.1) is 0 Å². The van der Waals surface area contributed by atoms with Crippen LogP contribution in [-0.4, -0.2) is 16.9 Å². The highest BCUT2D eigenvalue weighted by molar-refractivity contribution is 7.27. The van der Waals surface area contributed by atoms with Gasteiger partial charge in [0.1, 0.15) is 11.5 Å². The maximum atomic E-state index is 6.88. The van der Waals surface area contributed by atoms with E-state index in [1.807, 2.05) is 0 Å². The van der Waals surface area contributed by atoms with Crippen molar-refractivity contribution in [2.75, 3.05) is 4.90 Å². The van der Waals surface area contributed by atoms with Crippen LogP contribution in [0.15, 0.2) is 267 Å². The molecular formula is C65H44NOSi2. The zero-order valence-electron chi connectivity index (χ0n) is 37.8. The van der Waals surface area contributed by atoms with Gasteiger partial charge in [-0.2, -0.15) is 0 Å². The normalized spacial score (nSPS) is 14.4. The predicted octanol–water partition coefficient (Wildman–Crippen LogP) is 11.0. The molecule has 0 amide bonds. The lowest BCUT2D eigenvalue weighted by Gasteiger charge is -2.46. The number of rotatable bonds is 6. The van der Waals surface area contributed by atoms with Crippen molar-refractivity contribution in [3.05, 3.63) is 289 Å². The number of anilines is 3. The zero-order chi connectivity index (χ0) is 45.5. The molecule has 0 saturated heterocycles. The fourth-order valence-electron chi connectivity index (χ4n) is 12.4. The van der Waals surface area contributed by atoms with Gasteiger partial charge in [0.2, 0.25) is 0 Å². The molecule has 323 valence electrons. The number of hydrogen-bond acceptors (Lipinski definition) is 2. The molecule has 11 aromatic carbocycles. The third kappa shape index (κ3) is 5.71. The molecule has 0 aromatic heterocycles. The Balaban J connectivity index is 1.04. The van der Waals surface area contributed by atoms with Crippen molar-refractivity contribution in [1.29, 1.82) is 0 Å². The Bertz CT molecular complexity index is 3700. The Morgan fingerprint density at radius 1 is 0.377 bits per heavy atom. The smallest absolute Gasteiger partial charge is 0.188 e. The molecular weight excluding hydrogens is 867 g/mol. The number of benzene rings is 11. The van der Waals surface area contributed by atoms with E-state index in [1.54, 1.807) is 0 Å². The summed E-state index contributed by atoms with van der Waals surface area (Å²) >= 11 is 0. The van der Waals surface area contributed by atoms with Crippen LogP contribution >= 0.6 is 0 Å². The maximum Gasteiger partial charge on any atom is 0.188 e. The second kappa shape index (κ2) is 15.6. The van der Waals surface area contributed by atoms with Gasteiger partial charge in [-0.05, 0) is 102 Å². The molecule has 11 aromatic rings. The molecule has 2 heterocycles. The van der Waals surface area contributed by atoms with Crippen molar-refractivity contribution >= 4 is 81.0 Å². The van der Waals surface area contributed by atoms with Crippen LogP contribution in [0.1, 0.15) is 22.3 Å². The van der Waals surface area contributed by atoms with Crippen LogP contribution < -0.4 is 45.9 Å². The van der Waals surface area contributed by atoms with Crippen LogP contribution in [0.2, 0.25) is 0 Å². The summed E-state index contributed by atoms with van der Waals surface area (Å²) in [7, 11) is -4.47. The lowest BCUT2D eigenvalue weighted by molar-refractivity contribution is 0.487. The highest BCUT2D eigenvalue weighted by Gasteiger charge is 2.54. The average molecular weight is 911 g/mol. The van der Waals surface area contributed by atoms with Gasteiger partial charge in [0, 0.05) is 16.8 Å². The summed E-state index contributed by atoms with van der Waals surface area (Å²) in [6, 6.07) is 100. The molecule has 1 aliphatic carbocycles. The van der Waals surface area contributed by atoms with Gasteiger partial charge in [-0.1, -0.05) is 240 Å². The van der Waals surface area contributed by atoms with Crippen LogP contribution in [0.4, 0.5) is 17.1 Å². The summed E-state index contributed by atoms with van der Waals surface area (Å²) < 4.78 is 6.88. The van der Waals surface area contributed by atoms with E-state index in [0.717, 1.165) is 28.6 Å². The molecule has 0 unspecified atom stereocenters. The van der Waals surface area contributed by atoms with Crippen molar-refractivity contribution in [2.24, 2.45) is 0 Å². The third-order valence-electron chi connectivity index (χ3n) is 15.1. The van der Waals surface area contributed by atoms with Gasteiger partial charge >= 0.3 is 0 Å². The highest BCUT2D eigenvalue weighted by atomic mass is 28.3. The van der Waals surface area contributed by atoms with Crippen molar-refractivity contribution < 1.29 is 4.74 Å². The van der Waals surface area contributed by atoms with E-state index in [1.165, 1.54) is 80.5 Å². The fourth-order valence-corrected chi connectivity index (χ4v) is 22.1. The molecule has 14 rings (SSSR count). The Morgan fingerprint density at radius 2 is 0.899 bits per heavy atom. The molecule has 2 nitrogen and oxygen atoms in total. The Morgan fingerprint density at radius 3 is 1.61 bits per heavy atom. The summed E-state index contributed by atoms with van der Waals surface area (Å²) in [5.41, 5.74) is 10.6. The highest BCUT2D eigenvalue weighted by Crippen LogP contribution is 2.56. The Hall–Kier alpha value is -8.29. The molecule has 0 atom stereocenters. The van der Waals surface area contributed by atoms with Gasteiger partial charge in [-0.25, -0.2) is 0 Å². The van der Waals surface area contributed by atoms with Crippen molar-refractivity contribution in [3.63, 3.8) is 0 Å². The Labute approximate surface area is 405 Å². The summed E-state index contributed by atoms with van der Waals surface area (Å²) in [5.74, 6) is 1.90. The number of fused-ring (bicyclic) bond motifs is 12. The topological polar surface area (TPSA) is 12.5 Å². The minimum atomic E-state index is -3.03. The van der Waals surface area contributed by atoms with Crippen LogP contribution in [0, 0.1) is 0 Å². The number of hydrogen-bond donors (Lipinski definition) is 0. The number of nitrogens with zero attached hydrogens (tertiary/aromatic N) is 1. The zero-order valence-corrected chi connectivity index (χ0v) is 39.8. The van der Waals surface area contributed by atoms with E-state index in [4.69, 9.17) is 4.74 Å². The first-order valence-corrected chi connectivity index (χ1v) is 27.4. The summed E-state index contributed by atoms with van der Waals surface area (Å²) in [6.45, 7) is 0. The molecule has 1 spiro atoms. The van der Waals surface area contributed by atoms with E-state index in [9.17, 15) is 0 Å². The largest absolute Gasteiger partial charge is 0.458 e. The molecule has 0 fully saturated rings. The quantitative estimate of drug-likeness (QED) is 0.154. The lowest BCUT2D eigenvalue weighted by atomic mass is 9.68. The van der Waals surface area contributed by atoms with Crippen molar-refractivity contribution in [3.8, 4) is 22.6 Å². The third-order valence-corrected chi connectivity index (χ3v) is 23.4. The average Bonchev–Trinajstić information content (AvgIpc) is 3.73. The minimum Gasteiger partial charge on any atom is -0.458 e. The van der Waals surface area contributed by atoms with Crippen LogP contribution in [0.5, 0.6) is 11.5 Å². The second-order valence-corrected chi connectivity index (χ2v) is 24.5. The molecule has 0 bridgehead atoms.